The van der Waals surface area contributed by atoms with E-state index in [1.807, 2.05) is 18.2 Å². The van der Waals surface area contributed by atoms with Crippen LogP contribution in [0, 0.1) is 6.92 Å². The number of thiophene rings is 1. The Kier molecular flexibility index (Phi) is 7.46. The summed E-state index contributed by atoms with van der Waals surface area (Å²) in [5.74, 6) is -0.685. The highest BCUT2D eigenvalue weighted by molar-refractivity contribution is 7.18. The molecule has 1 aromatic carbocycles. The Bertz CT molecular complexity index is 904. The number of carbonyl (C=O) groups is 3. The van der Waals surface area contributed by atoms with Gasteiger partial charge in [-0.1, -0.05) is 37.5 Å². The van der Waals surface area contributed by atoms with Crippen molar-refractivity contribution in [2.45, 2.75) is 45.1 Å². The van der Waals surface area contributed by atoms with Crippen LogP contribution in [0.15, 0.2) is 30.3 Å². The van der Waals surface area contributed by atoms with E-state index in [-0.39, 0.29) is 29.1 Å². The fourth-order valence-corrected chi connectivity index (χ4v) is 4.61. The summed E-state index contributed by atoms with van der Waals surface area (Å²) in [5.41, 5.74) is 0.698. The fraction of sp³-hybridized carbons (Fsp3) is 0.409. The predicted octanol–water partition coefficient (Wildman–Crippen LogP) is 3.92. The zero-order valence-corrected chi connectivity index (χ0v) is 18.0. The molecular weight excluding hydrogens is 404 g/mol. The highest BCUT2D eigenvalue weighted by atomic mass is 32.1. The molecular formula is C22H26N2O5S. The molecule has 7 nitrogen and oxygen atoms in total. The number of amides is 2. The molecule has 3 rings (SSSR count). The summed E-state index contributed by atoms with van der Waals surface area (Å²) in [4.78, 5) is 37.9. The molecule has 1 fully saturated rings. The van der Waals surface area contributed by atoms with Crippen molar-refractivity contribution < 1.29 is 23.9 Å². The van der Waals surface area contributed by atoms with Gasteiger partial charge in [-0.15, -0.1) is 11.3 Å². The normalized spacial score (nSPS) is 14.1. The molecule has 1 aliphatic carbocycles. The first-order chi connectivity index (χ1) is 14.5. The number of ether oxygens (including phenoxy) is 2. The average molecular weight is 431 g/mol. The van der Waals surface area contributed by atoms with E-state index in [2.05, 4.69) is 10.6 Å². The van der Waals surface area contributed by atoms with Crippen molar-refractivity contribution in [3.8, 4) is 5.75 Å². The van der Waals surface area contributed by atoms with E-state index in [0.29, 0.717) is 16.2 Å². The molecule has 0 atom stereocenters. The van der Waals surface area contributed by atoms with E-state index in [1.54, 1.807) is 19.1 Å². The SMILES string of the molecule is COC(=O)c1c(NC(=O)COc2ccccc2)sc(C(=O)NC2CCCCC2)c1C. The summed E-state index contributed by atoms with van der Waals surface area (Å²) in [5, 5.41) is 6.03. The summed E-state index contributed by atoms with van der Waals surface area (Å²) in [6.45, 7) is 1.47. The Balaban J connectivity index is 1.73. The highest BCUT2D eigenvalue weighted by Gasteiger charge is 2.27. The van der Waals surface area contributed by atoms with E-state index in [1.165, 1.54) is 13.5 Å². The number of hydrogen-bond donors (Lipinski definition) is 2. The Morgan fingerprint density at radius 2 is 1.80 bits per heavy atom. The summed E-state index contributed by atoms with van der Waals surface area (Å²) in [7, 11) is 1.27. The van der Waals surface area contributed by atoms with Gasteiger partial charge in [-0.05, 0) is 37.5 Å². The van der Waals surface area contributed by atoms with Gasteiger partial charge in [-0.3, -0.25) is 9.59 Å². The van der Waals surface area contributed by atoms with E-state index in [4.69, 9.17) is 9.47 Å². The molecule has 1 aliphatic rings. The largest absolute Gasteiger partial charge is 0.484 e. The molecule has 2 aromatic rings. The minimum absolute atomic E-state index is 0.145. The standard InChI is InChI=1S/C22H26N2O5S/c1-14-18(22(27)28-2)21(24-17(25)13-29-16-11-7-4-8-12-16)30-19(14)20(26)23-15-9-5-3-6-10-15/h4,7-8,11-12,15H,3,5-6,9-10,13H2,1-2H3,(H,23,26)(H,24,25). The van der Waals surface area contributed by atoms with Crippen LogP contribution in [0.5, 0.6) is 5.75 Å². The van der Waals surface area contributed by atoms with E-state index < -0.39 is 11.9 Å². The maximum Gasteiger partial charge on any atom is 0.341 e. The average Bonchev–Trinajstić information content (AvgIpc) is 3.09. The number of benzene rings is 1. The molecule has 2 amide bonds. The quantitative estimate of drug-likeness (QED) is 0.650. The molecule has 8 heteroatoms. The second-order valence-electron chi connectivity index (χ2n) is 7.21. The van der Waals surface area contributed by atoms with Gasteiger partial charge in [0.1, 0.15) is 10.8 Å². The Labute approximate surface area is 179 Å². The van der Waals surface area contributed by atoms with Crippen LogP contribution in [0.1, 0.15) is 57.7 Å². The molecule has 160 valence electrons. The summed E-state index contributed by atoms with van der Waals surface area (Å²) >= 11 is 1.08. The number of para-hydroxylation sites is 1. The Morgan fingerprint density at radius 3 is 2.47 bits per heavy atom. The molecule has 0 unspecified atom stereocenters. The van der Waals surface area contributed by atoms with Gasteiger partial charge in [0.15, 0.2) is 6.61 Å². The molecule has 0 aliphatic heterocycles. The van der Waals surface area contributed by atoms with Gasteiger partial charge < -0.3 is 20.1 Å². The lowest BCUT2D eigenvalue weighted by Crippen LogP contribution is -2.36. The lowest BCUT2D eigenvalue weighted by molar-refractivity contribution is -0.118. The minimum Gasteiger partial charge on any atom is -0.484 e. The van der Waals surface area contributed by atoms with Crippen molar-refractivity contribution in [1.82, 2.24) is 5.32 Å². The predicted molar refractivity (Wildman–Crippen MR) is 115 cm³/mol. The first-order valence-electron chi connectivity index (χ1n) is 10.00. The number of hydrogen-bond acceptors (Lipinski definition) is 6. The number of carbonyl (C=O) groups excluding carboxylic acids is 3. The van der Waals surface area contributed by atoms with Gasteiger partial charge in [-0.2, -0.15) is 0 Å². The third-order valence-corrected chi connectivity index (χ3v) is 6.26. The molecule has 1 saturated carbocycles. The van der Waals surface area contributed by atoms with Gasteiger partial charge in [0, 0.05) is 6.04 Å². The Hall–Kier alpha value is -2.87. The van der Waals surface area contributed by atoms with Crippen molar-refractivity contribution in [2.75, 3.05) is 19.0 Å². The van der Waals surface area contributed by atoms with E-state index in [0.717, 1.165) is 37.0 Å². The third-order valence-electron chi connectivity index (χ3n) is 5.05. The van der Waals surface area contributed by atoms with Crippen LogP contribution >= 0.6 is 11.3 Å². The van der Waals surface area contributed by atoms with Gasteiger partial charge in [0.25, 0.3) is 11.8 Å². The van der Waals surface area contributed by atoms with Crippen LogP contribution in [0.25, 0.3) is 0 Å². The molecule has 2 N–H and O–H groups in total. The van der Waals surface area contributed by atoms with Crippen LogP contribution in [-0.4, -0.2) is 37.5 Å². The van der Waals surface area contributed by atoms with Gasteiger partial charge in [0.2, 0.25) is 0 Å². The molecule has 1 aromatic heterocycles. The van der Waals surface area contributed by atoms with Gasteiger partial charge in [-0.25, -0.2) is 4.79 Å². The lowest BCUT2D eigenvalue weighted by Gasteiger charge is -2.22. The zero-order chi connectivity index (χ0) is 21.5. The molecule has 0 radical (unpaired) electrons. The van der Waals surface area contributed by atoms with Crippen molar-refractivity contribution in [1.29, 1.82) is 0 Å². The van der Waals surface area contributed by atoms with Crippen LogP contribution in [0.4, 0.5) is 5.00 Å². The van der Waals surface area contributed by atoms with Crippen molar-refractivity contribution in [2.24, 2.45) is 0 Å². The van der Waals surface area contributed by atoms with Crippen molar-refractivity contribution in [3.63, 3.8) is 0 Å². The first-order valence-corrected chi connectivity index (χ1v) is 10.8. The minimum atomic E-state index is -0.597. The molecule has 0 bridgehead atoms. The molecule has 1 heterocycles. The van der Waals surface area contributed by atoms with Crippen LogP contribution in [-0.2, 0) is 9.53 Å². The number of esters is 1. The smallest absolute Gasteiger partial charge is 0.341 e. The van der Waals surface area contributed by atoms with E-state index >= 15 is 0 Å². The van der Waals surface area contributed by atoms with Crippen molar-refractivity contribution >= 4 is 34.1 Å². The number of nitrogens with one attached hydrogen (secondary N) is 2. The van der Waals surface area contributed by atoms with Crippen LogP contribution < -0.4 is 15.4 Å². The topological polar surface area (TPSA) is 93.7 Å². The highest BCUT2D eigenvalue weighted by Crippen LogP contribution is 2.34. The maximum atomic E-state index is 12.8. The first kappa shape index (κ1) is 21.8. The number of anilines is 1. The van der Waals surface area contributed by atoms with Crippen LogP contribution in [0.2, 0.25) is 0 Å². The molecule has 0 saturated heterocycles. The second kappa shape index (κ2) is 10.2. The third kappa shape index (κ3) is 5.38. The second-order valence-corrected chi connectivity index (χ2v) is 8.23. The molecule has 30 heavy (non-hydrogen) atoms. The van der Waals surface area contributed by atoms with Gasteiger partial charge in [0.05, 0.1) is 17.6 Å². The lowest BCUT2D eigenvalue weighted by atomic mass is 9.95. The number of methoxy groups -OCH3 is 1. The fourth-order valence-electron chi connectivity index (χ4n) is 3.49. The summed E-state index contributed by atoms with van der Waals surface area (Å²) in [6, 6.07) is 9.10. The summed E-state index contributed by atoms with van der Waals surface area (Å²) in [6.07, 6.45) is 5.31. The van der Waals surface area contributed by atoms with Crippen LogP contribution in [0.3, 0.4) is 0 Å². The summed E-state index contributed by atoms with van der Waals surface area (Å²) < 4.78 is 10.3. The Morgan fingerprint density at radius 1 is 1.10 bits per heavy atom. The van der Waals surface area contributed by atoms with Gasteiger partial charge >= 0.3 is 5.97 Å². The zero-order valence-electron chi connectivity index (χ0n) is 17.2. The maximum absolute atomic E-state index is 12.8. The van der Waals surface area contributed by atoms with Crippen molar-refractivity contribution in [3.05, 3.63) is 46.3 Å². The van der Waals surface area contributed by atoms with E-state index in [9.17, 15) is 14.4 Å². The monoisotopic (exact) mass is 430 g/mol. The molecule has 0 spiro atoms. The number of rotatable bonds is 7.